The molecule has 2 nitrogen and oxygen atoms in total. The van der Waals surface area contributed by atoms with Crippen LogP contribution in [0.2, 0.25) is 0 Å². The normalized spacial score (nSPS) is 11.2. The summed E-state index contributed by atoms with van der Waals surface area (Å²) in [5, 5.41) is 2.10. The van der Waals surface area contributed by atoms with Crippen LogP contribution in [-0.4, -0.2) is 4.57 Å². The first-order valence-electron chi connectivity index (χ1n) is 7.93. The monoisotopic (exact) mass is 425 g/mol. The molecule has 0 unspecified atom stereocenters. The molecule has 0 bridgehead atoms. The van der Waals surface area contributed by atoms with E-state index < -0.39 is 0 Å². The minimum Gasteiger partial charge on any atom is -1.00 e. The second kappa shape index (κ2) is 8.25. The van der Waals surface area contributed by atoms with Crippen molar-refractivity contribution in [2.45, 2.75) is 0 Å². The third kappa shape index (κ3) is 3.84. The standard InChI is InChI=1S/C21H15FN2S.BrH/c22-17-11-13-18(14-12-17)23-21-24(19-9-5-2-6-10-19)20(15-25-21)16-7-3-1-4-8-16;/h1-15H;1H/p-1. The van der Waals surface area contributed by atoms with E-state index in [9.17, 15) is 4.39 Å². The molecule has 0 aliphatic rings. The van der Waals surface area contributed by atoms with Gasteiger partial charge in [0.25, 0.3) is 0 Å². The predicted octanol–water partition coefficient (Wildman–Crippen LogP) is 2.58. The largest absolute Gasteiger partial charge is 1.00 e. The van der Waals surface area contributed by atoms with Crippen LogP contribution in [-0.2, 0) is 0 Å². The van der Waals surface area contributed by atoms with E-state index >= 15 is 0 Å². The van der Waals surface area contributed by atoms with Crippen LogP contribution in [0.1, 0.15) is 0 Å². The maximum atomic E-state index is 13.2. The highest BCUT2D eigenvalue weighted by Gasteiger charge is 2.09. The molecular formula is C21H15BrFN2S-. The molecule has 0 N–H and O–H groups in total. The number of thiazole rings is 1. The van der Waals surface area contributed by atoms with Crippen molar-refractivity contribution in [3.8, 4) is 16.9 Å². The van der Waals surface area contributed by atoms with Gasteiger partial charge in [0.05, 0.1) is 11.4 Å². The lowest BCUT2D eigenvalue weighted by Gasteiger charge is -2.09. The van der Waals surface area contributed by atoms with Crippen LogP contribution in [0, 0.1) is 5.82 Å². The number of halogens is 2. The van der Waals surface area contributed by atoms with Crippen LogP contribution in [0.5, 0.6) is 0 Å². The number of benzene rings is 3. The van der Waals surface area contributed by atoms with Crippen molar-refractivity contribution in [3.05, 3.63) is 101 Å². The summed E-state index contributed by atoms with van der Waals surface area (Å²) in [5.74, 6) is -0.258. The summed E-state index contributed by atoms with van der Waals surface area (Å²) in [6.07, 6.45) is 0. The summed E-state index contributed by atoms with van der Waals surface area (Å²) in [6, 6.07) is 26.6. The topological polar surface area (TPSA) is 17.3 Å². The molecule has 26 heavy (non-hydrogen) atoms. The molecule has 0 atom stereocenters. The Labute approximate surface area is 165 Å². The van der Waals surface area contributed by atoms with E-state index in [1.165, 1.54) is 12.1 Å². The molecule has 5 heteroatoms. The van der Waals surface area contributed by atoms with Crippen molar-refractivity contribution in [2.75, 3.05) is 0 Å². The van der Waals surface area contributed by atoms with Gasteiger partial charge >= 0.3 is 0 Å². The lowest BCUT2D eigenvalue weighted by Crippen LogP contribution is -3.00. The first-order valence-corrected chi connectivity index (χ1v) is 8.81. The van der Waals surface area contributed by atoms with Crippen LogP contribution in [0.3, 0.4) is 0 Å². The second-order valence-corrected chi connectivity index (χ2v) is 6.37. The number of hydrogen-bond donors (Lipinski definition) is 0. The summed E-state index contributed by atoms with van der Waals surface area (Å²) < 4.78 is 15.3. The summed E-state index contributed by atoms with van der Waals surface area (Å²) in [5.41, 5.74) is 3.98. The van der Waals surface area contributed by atoms with E-state index in [1.807, 2.05) is 36.4 Å². The molecule has 0 amide bonds. The molecule has 0 saturated heterocycles. The van der Waals surface area contributed by atoms with Crippen LogP contribution in [0.25, 0.3) is 16.9 Å². The Morgan fingerprint density at radius 1 is 0.769 bits per heavy atom. The first-order chi connectivity index (χ1) is 12.3. The van der Waals surface area contributed by atoms with Gasteiger partial charge in [-0.15, -0.1) is 11.3 Å². The van der Waals surface area contributed by atoms with Crippen molar-refractivity contribution >= 4 is 17.0 Å². The Kier molecular flexibility index (Phi) is 5.81. The smallest absolute Gasteiger partial charge is 0.195 e. The van der Waals surface area contributed by atoms with Gasteiger partial charge in [-0.1, -0.05) is 48.5 Å². The van der Waals surface area contributed by atoms with Gasteiger partial charge in [-0.2, -0.15) is 0 Å². The molecular weight excluding hydrogens is 411 g/mol. The zero-order chi connectivity index (χ0) is 17.1. The molecule has 0 saturated carbocycles. The molecule has 4 aromatic rings. The third-order valence-electron chi connectivity index (χ3n) is 3.84. The van der Waals surface area contributed by atoms with Crippen molar-refractivity contribution in [1.29, 1.82) is 0 Å². The molecule has 0 aliphatic heterocycles. The Balaban J connectivity index is 0.00000196. The van der Waals surface area contributed by atoms with E-state index in [1.54, 1.807) is 23.5 Å². The van der Waals surface area contributed by atoms with Crippen molar-refractivity contribution in [2.24, 2.45) is 4.99 Å². The van der Waals surface area contributed by atoms with Gasteiger partial charge in [-0.25, -0.2) is 9.38 Å². The minimum atomic E-state index is -0.258. The van der Waals surface area contributed by atoms with Crippen LogP contribution < -0.4 is 21.8 Å². The Hall–Kier alpha value is -2.50. The minimum absolute atomic E-state index is 0. The van der Waals surface area contributed by atoms with Crippen molar-refractivity contribution in [1.82, 2.24) is 4.57 Å². The molecule has 0 spiro atoms. The highest BCUT2D eigenvalue weighted by atomic mass is 79.9. The molecule has 0 fully saturated rings. The zero-order valence-electron chi connectivity index (χ0n) is 13.7. The van der Waals surface area contributed by atoms with E-state index in [2.05, 4.69) is 34.2 Å². The Morgan fingerprint density at radius 2 is 1.38 bits per heavy atom. The fourth-order valence-electron chi connectivity index (χ4n) is 2.65. The van der Waals surface area contributed by atoms with E-state index in [-0.39, 0.29) is 22.8 Å². The van der Waals surface area contributed by atoms with Crippen molar-refractivity contribution in [3.63, 3.8) is 0 Å². The summed E-state index contributed by atoms with van der Waals surface area (Å²) >= 11 is 1.57. The maximum absolute atomic E-state index is 13.2. The van der Waals surface area contributed by atoms with Gasteiger partial charge in [-0.3, -0.25) is 4.57 Å². The van der Waals surface area contributed by atoms with E-state index in [4.69, 9.17) is 4.99 Å². The van der Waals surface area contributed by atoms with Crippen LogP contribution >= 0.6 is 11.3 Å². The number of para-hydroxylation sites is 1. The summed E-state index contributed by atoms with van der Waals surface area (Å²) in [7, 11) is 0. The molecule has 3 aromatic carbocycles. The number of nitrogens with zero attached hydrogens (tertiary/aromatic N) is 2. The maximum Gasteiger partial charge on any atom is 0.195 e. The van der Waals surface area contributed by atoms with Gasteiger partial charge in [0.1, 0.15) is 5.82 Å². The van der Waals surface area contributed by atoms with E-state index in [0.29, 0.717) is 0 Å². The lowest BCUT2D eigenvalue weighted by molar-refractivity contribution is -0.00000548. The summed E-state index contributed by atoms with van der Waals surface area (Å²) in [6.45, 7) is 0. The van der Waals surface area contributed by atoms with Gasteiger partial charge < -0.3 is 17.0 Å². The van der Waals surface area contributed by atoms with Gasteiger partial charge in [0.2, 0.25) is 0 Å². The number of rotatable bonds is 3. The average Bonchev–Trinajstić information content (AvgIpc) is 3.08. The lowest BCUT2D eigenvalue weighted by atomic mass is 10.1. The second-order valence-electron chi connectivity index (χ2n) is 5.53. The number of aromatic nitrogens is 1. The average molecular weight is 426 g/mol. The molecule has 0 aliphatic carbocycles. The Morgan fingerprint density at radius 3 is 2.04 bits per heavy atom. The fraction of sp³-hybridized carbons (Fsp3) is 0. The van der Waals surface area contributed by atoms with Gasteiger partial charge in [0.15, 0.2) is 4.80 Å². The SMILES string of the molecule is Fc1ccc(N=c2scc(-c3ccccc3)n2-c2ccccc2)cc1.[Br-]. The predicted molar refractivity (Wildman–Crippen MR) is 101 cm³/mol. The first kappa shape index (κ1) is 18.3. The van der Waals surface area contributed by atoms with Gasteiger partial charge in [0, 0.05) is 11.1 Å². The molecule has 4 rings (SSSR count). The fourth-order valence-corrected chi connectivity index (χ4v) is 3.58. The molecule has 130 valence electrons. The third-order valence-corrected chi connectivity index (χ3v) is 4.67. The van der Waals surface area contributed by atoms with Gasteiger partial charge in [-0.05, 0) is 42.0 Å². The molecule has 1 heterocycles. The Bertz CT molecular complexity index is 1040. The van der Waals surface area contributed by atoms with Crippen LogP contribution in [0.4, 0.5) is 10.1 Å². The molecule has 0 radical (unpaired) electrons. The van der Waals surface area contributed by atoms with Crippen molar-refractivity contribution < 1.29 is 21.4 Å². The summed E-state index contributed by atoms with van der Waals surface area (Å²) in [4.78, 5) is 5.56. The quantitative estimate of drug-likeness (QED) is 0.479. The zero-order valence-corrected chi connectivity index (χ0v) is 16.1. The highest BCUT2D eigenvalue weighted by molar-refractivity contribution is 7.07. The number of hydrogen-bond acceptors (Lipinski definition) is 2. The highest BCUT2D eigenvalue weighted by Crippen LogP contribution is 2.24. The van der Waals surface area contributed by atoms with Crippen LogP contribution in [0.15, 0.2) is 95.3 Å². The van der Waals surface area contributed by atoms with E-state index in [0.717, 1.165) is 27.4 Å². The molecule has 1 aromatic heterocycles.